The Kier molecular flexibility index (Phi) is 4.77. The number of hydrogen-bond acceptors (Lipinski definition) is 2. The average Bonchev–Trinajstić information content (AvgIpc) is 3.27. The first-order valence-corrected chi connectivity index (χ1v) is 11.3. The number of rotatable bonds is 4. The molecule has 0 amide bonds. The Morgan fingerprint density at radius 1 is 0.636 bits per heavy atom. The van der Waals surface area contributed by atoms with Crippen LogP contribution in [0.15, 0.2) is 120 Å². The van der Waals surface area contributed by atoms with Gasteiger partial charge in [0.2, 0.25) is 0 Å². The highest BCUT2D eigenvalue weighted by molar-refractivity contribution is 6.09. The van der Waals surface area contributed by atoms with Gasteiger partial charge in [0.05, 0.1) is 5.69 Å². The third kappa shape index (κ3) is 3.50. The Hall–Kier alpha value is -4.17. The summed E-state index contributed by atoms with van der Waals surface area (Å²) in [6.07, 6.45) is 1.87. The highest BCUT2D eigenvalue weighted by Gasteiger charge is 2.16. The first-order chi connectivity index (χ1) is 16.3. The third-order valence-electron chi connectivity index (χ3n) is 6.46. The second-order valence-electron chi connectivity index (χ2n) is 8.47. The summed E-state index contributed by atoms with van der Waals surface area (Å²) in [5, 5.41) is 2.27. The van der Waals surface area contributed by atoms with E-state index in [0.29, 0.717) is 5.92 Å². The van der Waals surface area contributed by atoms with Gasteiger partial charge in [-0.3, -0.25) is 4.98 Å². The summed E-state index contributed by atoms with van der Waals surface area (Å²) in [7, 11) is 0. The van der Waals surface area contributed by atoms with Gasteiger partial charge in [-0.25, -0.2) is 0 Å². The molecule has 2 aromatic heterocycles. The number of hydrogen-bond donors (Lipinski definition) is 0. The van der Waals surface area contributed by atoms with Gasteiger partial charge in [-0.1, -0.05) is 85.8 Å². The van der Waals surface area contributed by atoms with E-state index in [9.17, 15) is 0 Å². The van der Waals surface area contributed by atoms with Crippen molar-refractivity contribution >= 4 is 21.9 Å². The van der Waals surface area contributed by atoms with Crippen molar-refractivity contribution in [2.45, 2.75) is 12.8 Å². The van der Waals surface area contributed by atoms with Gasteiger partial charge in [-0.2, -0.15) is 0 Å². The number of aromatic nitrogens is 1. The lowest BCUT2D eigenvalue weighted by Crippen LogP contribution is -1.95. The topological polar surface area (TPSA) is 26.0 Å². The molecule has 0 aliphatic rings. The van der Waals surface area contributed by atoms with E-state index in [2.05, 4.69) is 115 Å². The fourth-order valence-electron chi connectivity index (χ4n) is 4.61. The van der Waals surface area contributed by atoms with Crippen LogP contribution in [0.2, 0.25) is 0 Å². The van der Waals surface area contributed by atoms with Crippen LogP contribution in [-0.2, 0) is 0 Å². The molecule has 0 aliphatic carbocycles. The summed E-state index contributed by atoms with van der Waals surface area (Å²) in [6, 6.07) is 38.1. The fraction of sp³-hybridized carbons (Fsp3) is 0.0645. The van der Waals surface area contributed by atoms with Crippen LogP contribution in [0.25, 0.3) is 44.3 Å². The van der Waals surface area contributed by atoms with E-state index in [1.54, 1.807) is 0 Å². The Bertz CT molecular complexity index is 1570. The van der Waals surface area contributed by atoms with Crippen LogP contribution in [-0.4, -0.2) is 4.98 Å². The zero-order valence-corrected chi connectivity index (χ0v) is 18.4. The van der Waals surface area contributed by atoms with E-state index in [1.165, 1.54) is 16.7 Å². The summed E-state index contributed by atoms with van der Waals surface area (Å²) in [5.41, 5.74) is 8.64. The van der Waals surface area contributed by atoms with Gasteiger partial charge in [-0.15, -0.1) is 0 Å². The Labute approximate surface area is 193 Å². The largest absolute Gasteiger partial charge is 0.455 e. The lowest BCUT2D eigenvalue weighted by Gasteiger charge is -2.12. The maximum Gasteiger partial charge on any atom is 0.144 e. The molecule has 2 nitrogen and oxygen atoms in total. The lowest BCUT2D eigenvalue weighted by atomic mass is 9.92. The highest BCUT2D eigenvalue weighted by Crippen LogP contribution is 2.37. The minimum Gasteiger partial charge on any atom is -0.455 e. The summed E-state index contributed by atoms with van der Waals surface area (Å²) in [4.78, 5) is 4.68. The van der Waals surface area contributed by atoms with Crippen LogP contribution >= 0.6 is 0 Å². The second kappa shape index (κ2) is 8.07. The van der Waals surface area contributed by atoms with E-state index in [0.717, 1.165) is 38.8 Å². The summed E-state index contributed by atoms with van der Waals surface area (Å²) < 4.78 is 6.38. The Morgan fingerprint density at radius 2 is 1.42 bits per heavy atom. The summed E-state index contributed by atoms with van der Waals surface area (Å²) in [5.74, 6) is 0.313. The molecule has 33 heavy (non-hydrogen) atoms. The molecule has 0 saturated heterocycles. The minimum absolute atomic E-state index is 0.313. The van der Waals surface area contributed by atoms with Gasteiger partial charge in [-0.05, 0) is 52.6 Å². The molecule has 0 bridgehead atoms. The smallest absolute Gasteiger partial charge is 0.144 e. The minimum atomic E-state index is 0.313. The van der Waals surface area contributed by atoms with Gasteiger partial charge < -0.3 is 4.42 Å². The molecule has 2 heterocycles. The van der Waals surface area contributed by atoms with Gasteiger partial charge in [0.15, 0.2) is 0 Å². The van der Waals surface area contributed by atoms with Crippen molar-refractivity contribution in [3.8, 4) is 22.4 Å². The van der Waals surface area contributed by atoms with Crippen molar-refractivity contribution in [2.24, 2.45) is 0 Å². The molecule has 0 N–H and O–H groups in total. The van der Waals surface area contributed by atoms with Gasteiger partial charge in [0, 0.05) is 28.5 Å². The maximum absolute atomic E-state index is 6.38. The number of fused-ring (bicyclic) bond motifs is 3. The number of pyridine rings is 1. The van der Waals surface area contributed by atoms with Crippen LogP contribution in [0, 0.1) is 0 Å². The first-order valence-electron chi connectivity index (χ1n) is 11.3. The average molecular weight is 426 g/mol. The number of furan rings is 1. The fourth-order valence-corrected chi connectivity index (χ4v) is 4.61. The summed E-state index contributed by atoms with van der Waals surface area (Å²) in [6.45, 7) is 2.25. The molecule has 1 unspecified atom stereocenters. The zero-order valence-electron chi connectivity index (χ0n) is 18.4. The van der Waals surface area contributed by atoms with E-state index in [4.69, 9.17) is 4.42 Å². The highest BCUT2D eigenvalue weighted by atomic mass is 16.3. The molecule has 4 aromatic carbocycles. The van der Waals surface area contributed by atoms with E-state index in [-0.39, 0.29) is 0 Å². The molecule has 6 aromatic rings. The molecule has 0 saturated carbocycles. The van der Waals surface area contributed by atoms with Crippen LogP contribution in [0.4, 0.5) is 0 Å². The van der Waals surface area contributed by atoms with Crippen LogP contribution in [0.3, 0.4) is 0 Å². The monoisotopic (exact) mass is 425 g/mol. The molecule has 158 valence electrons. The van der Waals surface area contributed by atoms with Crippen LogP contribution < -0.4 is 0 Å². The molecule has 0 fully saturated rings. The predicted octanol–water partition coefficient (Wildman–Crippen LogP) is 8.47. The molecule has 0 radical (unpaired) electrons. The van der Waals surface area contributed by atoms with E-state index in [1.807, 2.05) is 12.3 Å². The Balaban J connectivity index is 1.47. The molecular formula is C31H23NO. The number of benzene rings is 4. The zero-order chi connectivity index (χ0) is 22.2. The third-order valence-corrected chi connectivity index (χ3v) is 6.46. The van der Waals surface area contributed by atoms with Crippen molar-refractivity contribution in [3.05, 3.63) is 127 Å². The van der Waals surface area contributed by atoms with Crippen LogP contribution in [0.5, 0.6) is 0 Å². The molecule has 6 rings (SSSR count). The van der Waals surface area contributed by atoms with E-state index >= 15 is 0 Å². The molecular weight excluding hydrogens is 402 g/mol. The molecule has 0 spiro atoms. The molecule has 2 heteroatoms. The SMILES string of the molecule is CC(c1ccccc1)c1ccc2oc3c(-c4cc(-c5ccccc5)ccn4)cccc3c2c1. The van der Waals surface area contributed by atoms with Crippen molar-refractivity contribution in [1.29, 1.82) is 0 Å². The Morgan fingerprint density at radius 3 is 2.24 bits per heavy atom. The van der Waals surface area contributed by atoms with Gasteiger partial charge in [0.25, 0.3) is 0 Å². The molecule has 0 aliphatic heterocycles. The standard InChI is InChI=1S/C31H23NO/c1-21(22-9-4-2-5-10-22)24-15-16-30-28(19-24)26-13-8-14-27(31(26)33-30)29-20-25(17-18-32-29)23-11-6-3-7-12-23/h2-21H,1H3. The normalized spacial score (nSPS) is 12.3. The van der Waals surface area contributed by atoms with Crippen molar-refractivity contribution in [2.75, 3.05) is 0 Å². The number of nitrogens with zero attached hydrogens (tertiary/aromatic N) is 1. The first kappa shape index (κ1) is 19.5. The van der Waals surface area contributed by atoms with Crippen LogP contribution in [0.1, 0.15) is 24.0 Å². The van der Waals surface area contributed by atoms with E-state index < -0.39 is 0 Å². The summed E-state index contributed by atoms with van der Waals surface area (Å²) >= 11 is 0. The van der Waals surface area contributed by atoms with Crippen molar-refractivity contribution in [3.63, 3.8) is 0 Å². The van der Waals surface area contributed by atoms with Crippen molar-refractivity contribution in [1.82, 2.24) is 4.98 Å². The van der Waals surface area contributed by atoms with Gasteiger partial charge >= 0.3 is 0 Å². The second-order valence-corrected chi connectivity index (χ2v) is 8.47. The number of para-hydroxylation sites is 1. The quantitative estimate of drug-likeness (QED) is 0.283. The predicted molar refractivity (Wildman–Crippen MR) is 136 cm³/mol. The lowest BCUT2D eigenvalue weighted by molar-refractivity contribution is 0.669. The van der Waals surface area contributed by atoms with Gasteiger partial charge in [0.1, 0.15) is 11.2 Å². The maximum atomic E-state index is 6.38. The van der Waals surface area contributed by atoms with Crippen molar-refractivity contribution < 1.29 is 4.42 Å². The molecule has 1 atom stereocenters.